The topological polar surface area (TPSA) is 111 Å². The van der Waals surface area contributed by atoms with E-state index in [-0.39, 0.29) is 11.1 Å². The molecule has 0 saturated carbocycles. The van der Waals surface area contributed by atoms with E-state index < -0.39 is 10.0 Å². The van der Waals surface area contributed by atoms with Gasteiger partial charge in [-0.3, -0.25) is 4.98 Å². The molecule has 0 N–H and O–H groups in total. The zero-order valence-corrected chi connectivity index (χ0v) is 17.1. The van der Waals surface area contributed by atoms with Crippen LogP contribution in [0.15, 0.2) is 54.2 Å². The van der Waals surface area contributed by atoms with Crippen LogP contribution in [0, 0.1) is 0 Å². The van der Waals surface area contributed by atoms with Gasteiger partial charge in [-0.2, -0.15) is 13.9 Å². The van der Waals surface area contributed by atoms with E-state index in [1.165, 1.54) is 15.1 Å². The van der Waals surface area contributed by atoms with E-state index in [1.807, 2.05) is 24.3 Å². The minimum Gasteiger partial charge on any atom is -0.324 e. The summed E-state index contributed by atoms with van der Waals surface area (Å²) in [6.45, 7) is 0.800. The van der Waals surface area contributed by atoms with Crippen molar-refractivity contribution in [1.82, 2.24) is 38.7 Å². The summed E-state index contributed by atoms with van der Waals surface area (Å²) in [7, 11) is -1.93. The number of piperidine rings is 1. The first-order valence-corrected chi connectivity index (χ1v) is 11.1. The Bertz CT molecular complexity index is 1290. The highest BCUT2D eigenvalue weighted by molar-refractivity contribution is 7.89. The lowest BCUT2D eigenvalue weighted by Gasteiger charge is -2.29. The molecule has 0 atom stereocenters. The van der Waals surface area contributed by atoms with E-state index in [0.717, 1.165) is 17.1 Å². The Balaban J connectivity index is 1.39. The zero-order valence-electron chi connectivity index (χ0n) is 16.3. The Hall–Kier alpha value is -3.18. The number of hydrogen-bond acceptors (Lipinski definition) is 7. The monoisotopic (exact) mass is 424 g/mol. The van der Waals surface area contributed by atoms with Crippen LogP contribution < -0.4 is 0 Å². The summed E-state index contributed by atoms with van der Waals surface area (Å²) in [5.74, 6) is 0.828. The molecule has 4 aromatic rings. The van der Waals surface area contributed by atoms with Crippen molar-refractivity contribution in [1.29, 1.82) is 0 Å². The number of aromatic nitrogens is 7. The third-order valence-corrected chi connectivity index (χ3v) is 7.31. The molecule has 0 aliphatic carbocycles. The Kier molecular flexibility index (Phi) is 4.55. The van der Waals surface area contributed by atoms with Gasteiger partial charge in [-0.25, -0.2) is 13.4 Å². The number of fused-ring (bicyclic) bond motifs is 1. The van der Waals surface area contributed by atoms with Gasteiger partial charge in [0.25, 0.3) is 10.0 Å². The molecule has 1 saturated heterocycles. The van der Waals surface area contributed by atoms with Crippen molar-refractivity contribution < 1.29 is 8.42 Å². The third-order valence-electron chi connectivity index (χ3n) is 5.41. The molecule has 0 spiro atoms. The van der Waals surface area contributed by atoms with Crippen molar-refractivity contribution in [3.8, 4) is 11.3 Å². The van der Waals surface area contributed by atoms with Gasteiger partial charge in [0.2, 0.25) is 5.16 Å². The molecule has 154 valence electrons. The number of nitrogens with zero attached hydrogens (tertiary/aromatic N) is 8. The molecule has 11 heteroatoms. The van der Waals surface area contributed by atoms with E-state index in [1.54, 1.807) is 30.2 Å². The first-order valence-electron chi connectivity index (χ1n) is 9.64. The number of sulfonamides is 1. The quantitative estimate of drug-likeness (QED) is 0.488. The van der Waals surface area contributed by atoms with Crippen LogP contribution in [-0.4, -0.2) is 60.2 Å². The predicted octanol–water partition coefficient (Wildman–Crippen LogP) is 1.49. The fraction of sp³-hybridized carbons (Fsp3) is 0.316. The highest BCUT2D eigenvalue weighted by Crippen LogP contribution is 2.30. The summed E-state index contributed by atoms with van der Waals surface area (Å²) in [5.41, 5.74) is 2.36. The fourth-order valence-electron chi connectivity index (χ4n) is 3.80. The van der Waals surface area contributed by atoms with Gasteiger partial charge in [-0.15, -0.1) is 10.2 Å². The van der Waals surface area contributed by atoms with Crippen LogP contribution in [0.3, 0.4) is 0 Å². The number of aryl methyl sites for hydroxylation is 1. The number of hydrogen-bond donors (Lipinski definition) is 0. The maximum atomic E-state index is 12.9. The molecule has 1 aliphatic heterocycles. The summed E-state index contributed by atoms with van der Waals surface area (Å²) in [6.07, 6.45) is 7.89. The second-order valence-corrected chi connectivity index (χ2v) is 9.12. The van der Waals surface area contributed by atoms with Crippen molar-refractivity contribution in [2.75, 3.05) is 13.1 Å². The van der Waals surface area contributed by atoms with E-state index >= 15 is 0 Å². The van der Waals surface area contributed by atoms with E-state index in [9.17, 15) is 8.42 Å². The molecule has 0 aromatic carbocycles. The van der Waals surface area contributed by atoms with Crippen LogP contribution in [0.2, 0.25) is 0 Å². The molecule has 0 unspecified atom stereocenters. The Morgan fingerprint density at radius 1 is 1.07 bits per heavy atom. The van der Waals surface area contributed by atoms with Crippen LogP contribution in [0.1, 0.15) is 24.6 Å². The number of imidazole rings is 1. The summed E-state index contributed by atoms with van der Waals surface area (Å²) in [4.78, 5) is 8.15. The number of rotatable bonds is 4. The second kappa shape index (κ2) is 7.26. The fourth-order valence-corrected chi connectivity index (χ4v) is 5.34. The first-order chi connectivity index (χ1) is 14.5. The minimum absolute atomic E-state index is 0.0663. The van der Waals surface area contributed by atoms with Crippen LogP contribution in [0.25, 0.3) is 16.9 Å². The van der Waals surface area contributed by atoms with Crippen molar-refractivity contribution in [3.63, 3.8) is 0 Å². The number of pyridine rings is 1. The van der Waals surface area contributed by atoms with Crippen molar-refractivity contribution in [2.24, 2.45) is 7.05 Å². The Morgan fingerprint density at radius 2 is 1.90 bits per heavy atom. The largest absolute Gasteiger partial charge is 0.324 e. The molecule has 5 rings (SSSR count). The summed E-state index contributed by atoms with van der Waals surface area (Å²) in [6, 6.07) is 7.59. The third kappa shape index (κ3) is 3.15. The van der Waals surface area contributed by atoms with Gasteiger partial charge in [0, 0.05) is 56.4 Å². The molecular formula is C19H20N8O2S. The van der Waals surface area contributed by atoms with Crippen LogP contribution in [-0.2, 0) is 17.1 Å². The van der Waals surface area contributed by atoms with E-state index in [2.05, 4.69) is 20.2 Å². The maximum absolute atomic E-state index is 12.9. The average molecular weight is 424 g/mol. The lowest BCUT2D eigenvalue weighted by molar-refractivity contribution is 0.309. The Labute approximate surface area is 173 Å². The lowest BCUT2D eigenvalue weighted by atomic mass is 9.97. The summed E-state index contributed by atoms with van der Waals surface area (Å²) < 4.78 is 30.5. The van der Waals surface area contributed by atoms with Gasteiger partial charge >= 0.3 is 0 Å². The van der Waals surface area contributed by atoms with Gasteiger partial charge < -0.3 is 4.57 Å². The molecule has 1 fully saturated rings. The summed E-state index contributed by atoms with van der Waals surface area (Å²) >= 11 is 0. The van der Waals surface area contributed by atoms with E-state index in [0.29, 0.717) is 31.6 Å². The van der Waals surface area contributed by atoms with Gasteiger partial charge in [0.1, 0.15) is 0 Å². The molecular weight excluding hydrogens is 404 g/mol. The normalized spacial score (nSPS) is 16.3. The molecule has 30 heavy (non-hydrogen) atoms. The van der Waals surface area contributed by atoms with Crippen molar-refractivity contribution in [2.45, 2.75) is 23.9 Å². The van der Waals surface area contributed by atoms with Crippen LogP contribution in [0.4, 0.5) is 0 Å². The maximum Gasteiger partial charge on any atom is 0.276 e. The van der Waals surface area contributed by atoms with Gasteiger partial charge in [0.15, 0.2) is 11.5 Å². The average Bonchev–Trinajstić information content (AvgIpc) is 3.40. The second-order valence-electron chi connectivity index (χ2n) is 7.29. The standard InChI is InChI=1S/C19H20N8O2S/c1-25-12-9-21-19(25)30(28,29)26-10-6-14(7-11-26)18-23-22-17-5-4-16(24-27(17)18)15-3-2-8-20-13-15/h2-5,8-9,12-14H,6-7,10-11H2,1H3. The van der Waals surface area contributed by atoms with E-state index in [4.69, 9.17) is 5.10 Å². The molecule has 0 radical (unpaired) electrons. The molecule has 0 amide bonds. The highest BCUT2D eigenvalue weighted by atomic mass is 32.2. The SMILES string of the molecule is Cn1ccnc1S(=O)(=O)N1CCC(c2nnc3ccc(-c4cccnc4)nn23)CC1. The minimum atomic E-state index is -3.61. The lowest BCUT2D eigenvalue weighted by Crippen LogP contribution is -2.39. The predicted molar refractivity (Wildman–Crippen MR) is 108 cm³/mol. The highest BCUT2D eigenvalue weighted by Gasteiger charge is 2.34. The molecule has 10 nitrogen and oxygen atoms in total. The molecule has 5 heterocycles. The van der Waals surface area contributed by atoms with Gasteiger partial charge in [-0.1, -0.05) is 0 Å². The molecule has 4 aromatic heterocycles. The van der Waals surface area contributed by atoms with Gasteiger partial charge in [-0.05, 0) is 37.1 Å². The Morgan fingerprint density at radius 3 is 2.60 bits per heavy atom. The van der Waals surface area contributed by atoms with Crippen molar-refractivity contribution in [3.05, 3.63) is 54.9 Å². The molecule has 1 aliphatic rings. The van der Waals surface area contributed by atoms with Crippen LogP contribution >= 0.6 is 0 Å². The van der Waals surface area contributed by atoms with Crippen LogP contribution in [0.5, 0.6) is 0 Å². The van der Waals surface area contributed by atoms with Gasteiger partial charge in [0.05, 0.1) is 5.69 Å². The van der Waals surface area contributed by atoms with Crippen molar-refractivity contribution >= 4 is 15.7 Å². The first kappa shape index (κ1) is 18.8. The smallest absolute Gasteiger partial charge is 0.276 e. The zero-order chi connectivity index (χ0) is 20.7. The summed E-state index contributed by atoms with van der Waals surface area (Å²) in [5, 5.41) is 13.4. The molecule has 0 bridgehead atoms.